The van der Waals surface area contributed by atoms with Crippen LogP contribution in [-0.2, 0) is 14.3 Å². The Kier molecular flexibility index (Phi) is 9.98. The van der Waals surface area contributed by atoms with Crippen molar-refractivity contribution in [1.82, 2.24) is 9.97 Å². The molecule has 0 fully saturated rings. The Balaban J connectivity index is 2.01. The van der Waals surface area contributed by atoms with Crippen molar-refractivity contribution < 1.29 is 29.0 Å². The summed E-state index contributed by atoms with van der Waals surface area (Å²) in [5.74, 6) is -0.807. The van der Waals surface area contributed by atoms with E-state index in [0.717, 1.165) is 11.1 Å². The molecule has 0 saturated carbocycles. The fourth-order valence-electron chi connectivity index (χ4n) is 3.49. The topological polar surface area (TPSA) is 140 Å². The largest absolute Gasteiger partial charge is 0.480 e. The van der Waals surface area contributed by atoms with Crippen LogP contribution in [0.4, 0.5) is 11.6 Å². The third kappa shape index (κ3) is 6.91. The number of ether oxygens (including phenoxy) is 2. The lowest BCUT2D eigenvalue weighted by molar-refractivity contribution is -0.138. The number of aromatic nitrogens is 2. The molecule has 2 aromatic rings. The molecule has 3 N–H and O–H groups in total. The SMILES string of the molecule is CCOC(=O)c1cnc(NCCCC(Nc2ncc(C(=O)OCC)c(C)c2C)C(=O)O)c(C)c1C. The first-order chi connectivity index (χ1) is 16.6. The maximum Gasteiger partial charge on any atom is 0.339 e. The van der Waals surface area contributed by atoms with Crippen LogP contribution in [0.2, 0.25) is 0 Å². The molecular formula is C25H34N4O6. The van der Waals surface area contributed by atoms with E-state index in [1.165, 1.54) is 12.4 Å². The summed E-state index contributed by atoms with van der Waals surface area (Å²) in [5, 5.41) is 15.9. The fraction of sp³-hybridized carbons (Fsp3) is 0.480. The summed E-state index contributed by atoms with van der Waals surface area (Å²) in [4.78, 5) is 44.5. The number of carboxylic acid groups (broad SMARTS) is 1. The number of hydrogen-bond donors (Lipinski definition) is 3. The van der Waals surface area contributed by atoms with Gasteiger partial charge in [-0.25, -0.2) is 24.4 Å². The molecule has 0 aliphatic carbocycles. The van der Waals surface area contributed by atoms with Gasteiger partial charge in [-0.1, -0.05) is 0 Å². The quantitative estimate of drug-likeness (QED) is 0.299. The molecule has 2 rings (SSSR count). The molecule has 0 bridgehead atoms. The van der Waals surface area contributed by atoms with E-state index in [1.807, 2.05) is 13.8 Å². The summed E-state index contributed by atoms with van der Waals surface area (Å²) >= 11 is 0. The summed E-state index contributed by atoms with van der Waals surface area (Å²) in [6.45, 7) is 11.8. The van der Waals surface area contributed by atoms with Crippen LogP contribution in [-0.4, -0.2) is 58.8 Å². The predicted molar refractivity (Wildman–Crippen MR) is 132 cm³/mol. The van der Waals surface area contributed by atoms with Gasteiger partial charge in [0.1, 0.15) is 17.7 Å². The van der Waals surface area contributed by atoms with Gasteiger partial charge in [-0.2, -0.15) is 0 Å². The van der Waals surface area contributed by atoms with Crippen molar-refractivity contribution in [3.8, 4) is 0 Å². The summed E-state index contributed by atoms with van der Waals surface area (Å²) in [6, 6.07) is -0.863. The lowest BCUT2D eigenvalue weighted by Gasteiger charge is -2.19. The Morgan fingerprint density at radius 3 is 1.83 bits per heavy atom. The molecule has 0 spiro atoms. The third-order valence-electron chi connectivity index (χ3n) is 5.85. The number of rotatable bonds is 12. The predicted octanol–water partition coefficient (Wildman–Crippen LogP) is 3.82. The fourth-order valence-corrected chi connectivity index (χ4v) is 3.49. The van der Waals surface area contributed by atoms with Gasteiger partial charge in [-0.05, 0) is 76.6 Å². The summed E-state index contributed by atoms with van der Waals surface area (Å²) in [5.41, 5.74) is 3.79. The molecule has 0 amide bonds. The van der Waals surface area contributed by atoms with E-state index < -0.39 is 23.9 Å². The van der Waals surface area contributed by atoms with Crippen molar-refractivity contribution in [2.75, 3.05) is 30.4 Å². The molecule has 2 heterocycles. The number of esters is 2. The number of anilines is 2. The Bertz CT molecular complexity index is 1090. The van der Waals surface area contributed by atoms with Crippen LogP contribution in [0.25, 0.3) is 0 Å². The average molecular weight is 487 g/mol. The Hall–Kier alpha value is -3.69. The summed E-state index contributed by atoms with van der Waals surface area (Å²) in [7, 11) is 0. The van der Waals surface area contributed by atoms with Crippen LogP contribution in [0.15, 0.2) is 12.4 Å². The molecule has 1 unspecified atom stereocenters. The first-order valence-corrected chi connectivity index (χ1v) is 11.6. The summed E-state index contributed by atoms with van der Waals surface area (Å²) in [6.07, 6.45) is 3.77. The van der Waals surface area contributed by atoms with E-state index in [2.05, 4.69) is 20.6 Å². The van der Waals surface area contributed by atoms with Crippen LogP contribution < -0.4 is 10.6 Å². The average Bonchev–Trinajstić information content (AvgIpc) is 2.81. The van der Waals surface area contributed by atoms with E-state index in [9.17, 15) is 19.5 Å². The van der Waals surface area contributed by atoms with Crippen LogP contribution >= 0.6 is 0 Å². The molecule has 0 saturated heterocycles. The third-order valence-corrected chi connectivity index (χ3v) is 5.85. The van der Waals surface area contributed by atoms with Crippen molar-refractivity contribution in [3.63, 3.8) is 0 Å². The van der Waals surface area contributed by atoms with Gasteiger partial charge < -0.3 is 25.2 Å². The molecule has 10 heteroatoms. The zero-order chi connectivity index (χ0) is 26.1. The monoisotopic (exact) mass is 486 g/mol. The number of pyridine rings is 2. The highest BCUT2D eigenvalue weighted by molar-refractivity contribution is 5.92. The van der Waals surface area contributed by atoms with Gasteiger partial charge in [-0.15, -0.1) is 0 Å². The number of carbonyl (C=O) groups is 3. The van der Waals surface area contributed by atoms with Crippen LogP contribution in [0.3, 0.4) is 0 Å². The van der Waals surface area contributed by atoms with Gasteiger partial charge in [0, 0.05) is 18.9 Å². The van der Waals surface area contributed by atoms with E-state index in [0.29, 0.717) is 59.9 Å². The van der Waals surface area contributed by atoms with E-state index in [1.54, 1.807) is 27.7 Å². The van der Waals surface area contributed by atoms with Crippen LogP contribution in [0.1, 0.15) is 69.7 Å². The Morgan fingerprint density at radius 1 is 0.857 bits per heavy atom. The highest BCUT2D eigenvalue weighted by Crippen LogP contribution is 2.22. The molecule has 0 aliphatic heterocycles. The molecule has 1 atom stereocenters. The second-order valence-corrected chi connectivity index (χ2v) is 8.09. The van der Waals surface area contributed by atoms with E-state index in [4.69, 9.17) is 9.47 Å². The molecule has 2 aromatic heterocycles. The van der Waals surface area contributed by atoms with Gasteiger partial charge >= 0.3 is 17.9 Å². The van der Waals surface area contributed by atoms with Crippen molar-refractivity contribution >= 4 is 29.5 Å². The van der Waals surface area contributed by atoms with Gasteiger partial charge in [0.05, 0.1) is 24.3 Å². The molecule has 0 aliphatic rings. The number of aliphatic carboxylic acids is 1. The number of nitrogens with one attached hydrogen (secondary N) is 2. The number of hydrogen-bond acceptors (Lipinski definition) is 9. The van der Waals surface area contributed by atoms with Crippen molar-refractivity contribution in [2.45, 2.75) is 60.4 Å². The molecule has 10 nitrogen and oxygen atoms in total. The standard InChI is InChI=1S/C25H34N4O6/c1-7-34-24(32)18-12-27-21(16(5)14(18)3)26-11-9-10-20(23(30)31)29-22-17(6)15(4)19(13-28-22)25(33)35-8-2/h12-13,20H,7-11H2,1-6H3,(H,26,27)(H,28,29)(H,30,31). The zero-order valence-electron chi connectivity index (χ0n) is 21.2. The Morgan fingerprint density at radius 2 is 1.34 bits per heavy atom. The zero-order valence-corrected chi connectivity index (χ0v) is 21.2. The van der Waals surface area contributed by atoms with Crippen molar-refractivity contribution in [1.29, 1.82) is 0 Å². The van der Waals surface area contributed by atoms with Crippen LogP contribution in [0, 0.1) is 27.7 Å². The van der Waals surface area contributed by atoms with E-state index >= 15 is 0 Å². The lowest BCUT2D eigenvalue weighted by atomic mass is 10.0. The number of carboxylic acids is 1. The van der Waals surface area contributed by atoms with E-state index in [-0.39, 0.29) is 6.61 Å². The minimum Gasteiger partial charge on any atom is -0.480 e. The normalized spacial score (nSPS) is 11.5. The van der Waals surface area contributed by atoms with Gasteiger partial charge in [-0.3, -0.25) is 0 Å². The second-order valence-electron chi connectivity index (χ2n) is 8.09. The maximum absolute atomic E-state index is 12.1. The minimum atomic E-state index is -0.998. The summed E-state index contributed by atoms with van der Waals surface area (Å²) < 4.78 is 10.1. The highest BCUT2D eigenvalue weighted by atomic mass is 16.5. The molecule has 0 radical (unpaired) electrons. The Labute approximate surface area is 205 Å². The second kappa shape index (κ2) is 12.7. The van der Waals surface area contributed by atoms with Crippen LogP contribution in [0.5, 0.6) is 0 Å². The smallest absolute Gasteiger partial charge is 0.339 e. The first kappa shape index (κ1) is 27.6. The van der Waals surface area contributed by atoms with Crippen molar-refractivity contribution in [2.24, 2.45) is 0 Å². The minimum absolute atomic E-state index is 0.261. The molecular weight excluding hydrogens is 452 g/mol. The van der Waals surface area contributed by atoms with Gasteiger partial charge in [0.2, 0.25) is 0 Å². The maximum atomic E-state index is 12.1. The highest BCUT2D eigenvalue weighted by Gasteiger charge is 2.21. The van der Waals surface area contributed by atoms with Gasteiger partial charge in [0.25, 0.3) is 0 Å². The molecule has 190 valence electrons. The molecule has 35 heavy (non-hydrogen) atoms. The lowest BCUT2D eigenvalue weighted by Crippen LogP contribution is -2.31. The number of carbonyl (C=O) groups excluding carboxylic acids is 2. The first-order valence-electron chi connectivity index (χ1n) is 11.6. The molecule has 0 aromatic carbocycles. The van der Waals surface area contributed by atoms with Gasteiger partial charge in [0.15, 0.2) is 0 Å². The van der Waals surface area contributed by atoms with Crippen molar-refractivity contribution in [3.05, 3.63) is 45.8 Å². The number of nitrogens with zero attached hydrogens (tertiary/aromatic N) is 2.